The number of aromatic nitrogens is 6. The number of hydrogen-bond donors (Lipinski definition) is 1. The van der Waals surface area contributed by atoms with E-state index in [1.54, 1.807) is 12.7 Å². The summed E-state index contributed by atoms with van der Waals surface area (Å²) in [5.41, 5.74) is -0.449. The Hall–Kier alpha value is -2.20. The lowest BCUT2D eigenvalue weighted by atomic mass is 9.89. The largest absolute Gasteiger partial charge is 0.444 e. The Labute approximate surface area is 222 Å². The monoisotopic (exact) mass is 524 g/mol. The fraction of sp³-hybridized carbons (Fsp3) is 0.800. The molecule has 0 aromatic carbocycles. The highest BCUT2D eigenvalue weighted by Gasteiger charge is 2.35. The van der Waals surface area contributed by atoms with Crippen molar-refractivity contribution in [1.29, 1.82) is 0 Å². The number of hydrogen-bond acceptors (Lipinski definition) is 7. The molecule has 4 heterocycles. The van der Waals surface area contributed by atoms with Crippen LogP contribution in [0.2, 0.25) is 0 Å². The molecule has 204 valence electrons. The van der Waals surface area contributed by atoms with Crippen molar-refractivity contribution in [3.63, 3.8) is 0 Å². The molecular weight excluding hydrogens is 480 g/mol. The number of nitrogens with one attached hydrogen (secondary N) is 1. The zero-order valence-corrected chi connectivity index (χ0v) is 23.8. The summed E-state index contributed by atoms with van der Waals surface area (Å²) in [6.45, 7) is 11.9. The number of halogens is 1. The van der Waals surface area contributed by atoms with Crippen LogP contribution in [-0.2, 0) is 18.8 Å². The molecule has 2 aromatic rings. The first-order chi connectivity index (χ1) is 16.6. The van der Waals surface area contributed by atoms with Gasteiger partial charge in [0.1, 0.15) is 29.9 Å². The lowest BCUT2D eigenvalue weighted by molar-refractivity contribution is 0.00720. The van der Waals surface area contributed by atoms with Gasteiger partial charge in [0, 0.05) is 44.6 Å². The number of carbonyl (C=O) groups is 1. The van der Waals surface area contributed by atoms with Crippen LogP contribution in [0.1, 0.15) is 96.6 Å². The maximum Gasteiger partial charge on any atom is 0.410 e. The Kier molecular flexibility index (Phi) is 11.2. The van der Waals surface area contributed by atoms with Gasteiger partial charge in [-0.1, -0.05) is 13.8 Å². The first-order valence-corrected chi connectivity index (χ1v) is 13.0. The Bertz CT molecular complexity index is 941. The zero-order valence-electron chi connectivity index (χ0n) is 23.0. The summed E-state index contributed by atoms with van der Waals surface area (Å²) < 4.78 is 9.53. The van der Waals surface area contributed by atoms with Gasteiger partial charge in [-0.25, -0.2) is 4.79 Å². The van der Waals surface area contributed by atoms with Crippen LogP contribution in [0, 0.1) is 0 Å². The van der Waals surface area contributed by atoms with Crippen LogP contribution in [0.15, 0.2) is 12.7 Å². The minimum atomic E-state index is -0.449. The summed E-state index contributed by atoms with van der Waals surface area (Å²) in [6.07, 6.45) is 9.65. The summed E-state index contributed by atoms with van der Waals surface area (Å²) in [5.74, 6) is 3.11. The molecular formula is C25H45ClN8O2. The van der Waals surface area contributed by atoms with Crippen molar-refractivity contribution in [1.82, 2.24) is 39.7 Å². The lowest BCUT2D eigenvalue weighted by Crippen LogP contribution is -2.47. The Morgan fingerprint density at radius 1 is 1.00 bits per heavy atom. The van der Waals surface area contributed by atoms with E-state index in [1.165, 1.54) is 19.3 Å². The highest BCUT2D eigenvalue weighted by molar-refractivity contribution is 5.85. The third-order valence-corrected chi connectivity index (χ3v) is 7.03. The molecule has 2 fully saturated rings. The topological polar surface area (TPSA) is 103 Å². The fourth-order valence-electron chi connectivity index (χ4n) is 5.11. The van der Waals surface area contributed by atoms with Gasteiger partial charge in [0.2, 0.25) is 0 Å². The molecule has 1 amide bonds. The van der Waals surface area contributed by atoms with Gasteiger partial charge in [0.25, 0.3) is 0 Å². The number of likely N-dealkylation sites (tertiary alicyclic amines) is 1. The molecule has 0 radical (unpaired) electrons. The second-order valence-electron chi connectivity index (χ2n) is 10.8. The number of carbonyl (C=O) groups excluding carboxylic acids is 1. The van der Waals surface area contributed by atoms with E-state index < -0.39 is 5.60 Å². The van der Waals surface area contributed by atoms with Crippen LogP contribution in [0.4, 0.5) is 4.79 Å². The van der Waals surface area contributed by atoms with Gasteiger partial charge in [0.05, 0.1) is 0 Å². The Morgan fingerprint density at radius 3 is 2.06 bits per heavy atom. The van der Waals surface area contributed by atoms with Crippen molar-refractivity contribution >= 4 is 18.5 Å². The first-order valence-electron chi connectivity index (χ1n) is 13.0. The Morgan fingerprint density at radius 2 is 1.58 bits per heavy atom. The van der Waals surface area contributed by atoms with Gasteiger partial charge in [0.15, 0.2) is 0 Å². The number of nitrogens with zero attached hydrogens (tertiary/aromatic N) is 7. The van der Waals surface area contributed by atoms with E-state index in [4.69, 9.17) is 4.74 Å². The number of amides is 1. The SMILES string of the molecule is CC[C@@H]1C[C@H](c2nncn2C)CCN1.CC[C@@H]1C[C@H](c2nncn2C)CCN1C(=O)OC(C)(C)C.Cl. The molecule has 36 heavy (non-hydrogen) atoms. The molecule has 11 heteroatoms. The minimum absolute atomic E-state index is 0. The highest BCUT2D eigenvalue weighted by atomic mass is 35.5. The molecule has 2 saturated heterocycles. The molecule has 1 N–H and O–H groups in total. The molecule has 4 atom stereocenters. The zero-order chi connectivity index (χ0) is 25.6. The van der Waals surface area contributed by atoms with Crippen molar-refractivity contribution in [2.45, 2.75) is 103 Å². The standard InChI is InChI=1S/C15H26N4O2.C10H18N4.ClH/c1-6-12-9-11(13-17-16-10-18(13)5)7-8-19(12)14(20)21-15(2,3)4;1-3-9-6-8(4-5-11-9)10-13-12-7-14(10)2;/h10-12H,6-9H2,1-5H3;7-9,11H,3-6H2,1-2H3;1H/t11-,12-;8-,9-;/m11./s1. The molecule has 4 rings (SSSR count). The van der Waals surface area contributed by atoms with E-state index in [0.717, 1.165) is 37.5 Å². The van der Waals surface area contributed by atoms with Gasteiger partial charge in [-0.3, -0.25) is 0 Å². The van der Waals surface area contributed by atoms with Gasteiger partial charge < -0.3 is 24.1 Å². The van der Waals surface area contributed by atoms with Gasteiger partial charge >= 0.3 is 6.09 Å². The maximum absolute atomic E-state index is 12.3. The molecule has 0 saturated carbocycles. The molecule has 10 nitrogen and oxygen atoms in total. The third-order valence-electron chi connectivity index (χ3n) is 7.03. The van der Waals surface area contributed by atoms with E-state index in [9.17, 15) is 4.79 Å². The Balaban J connectivity index is 0.000000265. The van der Waals surface area contributed by atoms with E-state index in [-0.39, 0.29) is 24.5 Å². The fourth-order valence-corrected chi connectivity index (χ4v) is 5.11. The molecule has 2 aliphatic heterocycles. The summed E-state index contributed by atoms with van der Waals surface area (Å²) in [7, 11) is 3.99. The predicted molar refractivity (Wildman–Crippen MR) is 142 cm³/mol. The van der Waals surface area contributed by atoms with Crippen LogP contribution in [0.25, 0.3) is 0 Å². The number of aryl methyl sites for hydroxylation is 2. The summed E-state index contributed by atoms with van der Waals surface area (Å²) in [4.78, 5) is 14.2. The van der Waals surface area contributed by atoms with E-state index in [0.29, 0.717) is 24.4 Å². The van der Waals surface area contributed by atoms with Crippen LogP contribution in [-0.4, -0.2) is 71.3 Å². The van der Waals surface area contributed by atoms with Crippen molar-refractivity contribution in [3.8, 4) is 0 Å². The second kappa shape index (κ2) is 13.4. The first kappa shape index (κ1) is 30.0. The number of piperidine rings is 2. The van der Waals surface area contributed by atoms with Crippen molar-refractivity contribution < 1.29 is 9.53 Å². The van der Waals surface area contributed by atoms with Crippen LogP contribution < -0.4 is 5.32 Å². The predicted octanol–water partition coefficient (Wildman–Crippen LogP) is 4.19. The normalized spacial score (nSPS) is 24.4. The molecule has 0 unspecified atom stereocenters. The van der Waals surface area contributed by atoms with Gasteiger partial charge in [-0.05, 0) is 65.8 Å². The van der Waals surface area contributed by atoms with E-state index in [1.807, 2.05) is 48.9 Å². The summed E-state index contributed by atoms with van der Waals surface area (Å²) >= 11 is 0. The van der Waals surface area contributed by atoms with Crippen LogP contribution >= 0.6 is 12.4 Å². The summed E-state index contributed by atoms with van der Waals surface area (Å²) in [6, 6.07) is 0.862. The van der Waals surface area contributed by atoms with Crippen molar-refractivity contribution in [3.05, 3.63) is 24.3 Å². The molecule has 0 aliphatic carbocycles. The number of ether oxygens (including phenoxy) is 1. The molecule has 2 aliphatic rings. The van der Waals surface area contributed by atoms with Crippen molar-refractivity contribution in [2.75, 3.05) is 13.1 Å². The average molecular weight is 525 g/mol. The molecule has 0 bridgehead atoms. The van der Waals surface area contributed by atoms with Crippen LogP contribution in [0.3, 0.4) is 0 Å². The minimum Gasteiger partial charge on any atom is -0.444 e. The van der Waals surface area contributed by atoms with Gasteiger partial charge in [-0.15, -0.1) is 32.8 Å². The average Bonchev–Trinajstić information content (AvgIpc) is 3.45. The van der Waals surface area contributed by atoms with E-state index in [2.05, 4.69) is 39.6 Å². The number of rotatable bonds is 4. The lowest BCUT2D eigenvalue weighted by Gasteiger charge is -2.39. The van der Waals surface area contributed by atoms with Crippen molar-refractivity contribution in [2.24, 2.45) is 14.1 Å². The molecule has 2 aromatic heterocycles. The second-order valence-corrected chi connectivity index (χ2v) is 10.8. The quantitative estimate of drug-likeness (QED) is 0.639. The molecule has 0 spiro atoms. The highest BCUT2D eigenvalue weighted by Crippen LogP contribution is 2.32. The maximum atomic E-state index is 12.3. The van der Waals surface area contributed by atoms with Crippen LogP contribution in [0.5, 0.6) is 0 Å². The smallest absolute Gasteiger partial charge is 0.410 e. The van der Waals surface area contributed by atoms with E-state index >= 15 is 0 Å². The van der Waals surface area contributed by atoms with Gasteiger partial charge in [-0.2, -0.15) is 0 Å². The summed E-state index contributed by atoms with van der Waals surface area (Å²) in [5, 5.41) is 19.8. The third kappa shape index (κ3) is 7.90.